The molecule has 0 bridgehead atoms. The average molecular weight is 363 g/mol. The van der Waals surface area contributed by atoms with E-state index in [9.17, 15) is 9.59 Å². The first kappa shape index (κ1) is 17.2. The highest BCUT2D eigenvalue weighted by atomic mass is 16.2. The molecule has 1 unspecified atom stereocenters. The lowest BCUT2D eigenvalue weighted by atomic mass is 10.2. The zero-order valence-corrected chi connectivity index (χ0v) is 14.9. The number of rotatable bonds is 5. The highest BCUT2D eigenvalue weighted by molar-refractivity contribution is 5.94. The van der Waals surface area contributed by atoms with E-state index in [0.717, 1.165) is 24.3 Å². The topological polar surface area (TPSA) is 79.6 Å². The van der Waals surface area contributed by atoms with E-state index < -0.39 is 0 Å². The van der Waals surface area contributed by atoms with Gasteiger partial charge in [0.05, 0.1) is 6.04 Å². The summed E-state index contributed by atoms with van der Waals surface area (Å²) in [6.45, 7) is 1.02. The van der Waals surface area contributed by atoms with Crippen molar-refractivity contribution in [3.8, 4) is 0 Å². The highest BCUT2D eigenvalue weighted by Crippen LogP contribution is 2.31. The Morgan fingerprint density at radius 2 is 1.89 bits per heavy atom. The van der Waals surface area contributed by atoms with Gasteiger partial charge in [0, 0.05) is 31.3 Å². The molecule has 2 amide bonds. The highest BCUT2D eigenvalue weighted by Gasteiger charge is 2.32. The zero-order valence-electron chi connectivity index (χ0n) is 14.9. The normalized spacial score (nSPS) is 16.6. The number of hydrogen-bond acceptors (Lipinski definition) is 4. The monoisotopic (exact) mass is 363 g/mol. The van der Waals surface area contributed by atoms with Crippen molar-refractivity contribution in [2.75, 3.05) is 13.1 Å². The van der Waals surface area contributed by atoms with Gasteiger partial charge in [-0.3, -0.25) is 14.0 Å². The molecule has 1 fully saturated rings. The molecule has 3 heterocycles. The molecule has 7 nitrogen and oxygen atoms in total. The molecular formula is C20H21N5O2. The molecular weight excluding hydrogens is 342 g/mol. The summed E-state index contributed by atoms with van der Waals surface area (Å²) in [5, 5.41) is 11.3. The van der Waals surface area contributed by atoms with Crippen LogP contribution in [0.3, 0.4) is 0 Å². The lowest BCUT2D eigenvalue weighted by molar-refractivity contribution is -0.132. The number of aromatic nitrogens is 3. The number of fused-ring (bicyclic) bond motifs is 1. The van der Waals surface area contributed by atoms with Gasteiger partial charge >= 0.3 is 0 Å². The van der Waals surface area contributed by atoms with E-state index in [1.165, 1.54) is 0 Å². The zero-order chi connectivity index (χ0) is 18.6. The second-order valence-electron chi connectivity index (χ2n) is 6.60. The molecule has 1 atom stereocenters. The minimum Gasteiger partial charge on any atom is -0.352 e. The Balaban J connectivity index is 1.39. The summed E-state index contributed by atoms with van der Waals surface area (Å²) in [5.74, 6) is 0.660. The third kappa shape index (κ3) is 3.53. The molecule has 27 heavy (non-hydrogen) atoms. The van der Waals surface area contributed by atoms with Crippen molar-refractivity contribution in [2.24, 2.45) is 0 Å². The lowest BCUT2D eigenvalue weighted by Crippen LogP contribution is -2.34. The van der Waals surface area contributed by atoms with Crippen molar-refractivity contribution < 1.29 is 9.59 Å². The van der Waals surface area contributed by atoms with Gasteiger partial charge in [0.25, 0.3) is 5.91 Å². The molecule has 4 rings (SSSR count). The fourth-order valence-electron chi connectivity index (χ4n) is 3.54. The van der Waals surface area contributed by atoms with Crippen LogP contribution < -0.4 is 5.32 Å². The molecule has 2 aromatic heterocycles. The van der Waals surface area contributed by atoms with E-state index in [0.29, 0.717) is 18.7 Å². The number of nitrogens with zero attached hydrogens (tertiary/aromatic N) is 4. The van der Waals surface area contributed by atoms with Gasteiger partial charge in [0.15, 0.2) is 11.5 Å². The van der Waals surface area contributed by atoms with Crippen molar-refractivity contribution in [2.45, 2.75) is 25.3 Å². The Labute approximate surface area is 157 Å². The summed E-state index contributed by atoms with van der Waals surface area (Å²) in [5.41, 5.74) is 1.38. The van der Waals surface area contributed by atoms with Crippen molar-refractivity contribution in [3.05, 3.63) is 66.1 Å². The van der Waals surface area contributed by atoms with E-state index in [4.69, 9.17) is 0 Å². The molecule has 0 radical (unpaired) electrons. The smallest absolute Gasteiger partial charge is 0.251 e. The number of carbonyl (C=O) groups excluding carboxylic acids is 2. The van der Waals surface area contributed by atoms with E-state index in [1.54, 1.807) is 12.1 Å². The van der Waals surface area contributed by atoms with Crippen LogP contribution in [-0.4, -0.2) is 44.4 Å². The fraction of sp³-hybridized carbons (Fsp3) is 0.300. The van der Waals surface area contributed by atoms with Gasteiger partial charge in [-0.2, -0.15) is 0 Å². The minimum absolute atomic E-state index is 0.0264. The fourth-order valence-corrected chi connectivity index (χ4v) is 3.54. The molecule has 0 saturated carbocycles. The van der Waals surface area contributed by atoms with Gasteiger partial charge in [-0.15, -0.1) is 10.2 Å². The van der Waals surface area contributed by atoms with Crippen molar-refractivity contribution >= 4 is 17.5 Å². The predicted molar refractivity (Wildman–Crippen MR) is 100 cm³/mol. The molecule has 1 aliphatic rings. The van der Waals surface area contributed by atoms with Gasteiger partial charge < -0.3 is 10.2 Å². The van der Waals surface area contributed by atoms with Crippen LogP contribution in [0.1, 0.15) is 41.5 Å². The van der Waals surface area contributed by atoms with Crippen LogP contribution in [0, 0.1) is 0 Å². The molecule has 7 heteroatoms. The average Bonchev–Trinajstić information content (AvgIpc) is 3.35. The van der Waals surface area contributed by atoms with E-state index in [1.807, 2.05) is 51.9 Å². The van der Waals surface area contributed by atoms with Gasteiger partial charge in [-0.05, 0) is 37.1 Å². The summed E-state index contributed by atoms with van der Waals surface area (Å²) in [6, 6.07) is 14.7. The molecule has 138 valence electrons. The van der Waals surface area contributed by atoms with E-state index >= 15 is 0 Å². The number of pyridine rings is 1. The van der Waals surface area contributed by atoms with Gasteiger partial charge in [-0.1, -0.05) is 24.3 Å². The number of likely N-dealkylation sites (tertiary alicyclic amines) is 1. The summed E-state index contributed by atoms with van der Waals surface area (Å²) in [7, 11) is 0. The molecule has 0 aliphatic carbocycles. The van der Waals surface area contributed by atoms with E-state index in [-0.39, 0.29) is 24.3 Å². The second kappa shape index (κ2) is 7.57. The van der Waals surface area contributed by atoms with Crippen molar-refractivity contribution in [3.63, 3.8) is 0 Å². The number of hydrogen-bond donors (Lipinski definition) is 1. The molecule has 3 aromatic rings. The first-order valence-electron chi connectivity index (χ1n) is 9.16. The Morgan fingerprint density at radius 1 is 1.07 bits per heavy atom. The Morgan fingerprint density at radius 3 is 2.74 bits per heavy atom. The molecule has 1 saturated heterocycles. The van der Waals surface area contributed by atoms with Crippen LogP contribution in [0.4, 0.5) is 0 Å². The Bertz CT molecular complexity index is 953. The third-order valence-electron chi connectivity index (χ3n) is 4.87. The maximum absolute atomic E-state index is 12.7. The largest absolute Gasteiger partial charge is 0.352 e. The lowest BCUT2D eigenvalue weighted by Gasteiger charge is -2.23. The summed E-state index contributed by atoms with van der Waals surface area (Å²) in [4.78, 5) is 26.7. The summed E-state index contributed by atoms with van der Waals surface area (Å²) < 4.78 is 1.94. The van der Waals surface area contributed by atoms with Crippen LogP contribution in [0.25, 0.3) is 5.65 Å². The molecule has 1 aliphatic heterocycles. The predicted octanol–water partition coefficient (Wildman–Crippen LogP) is 2.21. The molecule has 1 aromatic carbocycles. The Hall–Kier alpha value is -3.22. The maximum Gasteiger partial charge on any atom is 0.251 e. The van der Waals surface area contributed by atoms with Crippen LogP contribution in [0.2, 0.25) is 0 Å². The van der Waals surface area contributed by atoms with Gasteiger partial charge in [0.2, 0.25) is 5.91 Å². The van der Waals surface area contributed by atoms with Crippen molar-refractivity contribution in [1.29, 1.82) is 0 Å². The van der Waals surface area contributed by atoms with Crippen LogP contribution in [-0.2, 0) is 4.79 Å². The first-order valence-corrected chi connectivity index (χ1v) is 9.16. The van der Waals surface area contributed by atoms with Gasteiger partial charge in [0.1, 0.15) is 0 Å². The quantitative estimate of drug-likeness (QED) is 0.754. The minimum atomic E-state index is -0.162. The number of carbonyl (C=O) groups is 2. The van der Waals surface area contributed by atoms with Gasteiger partial charge in [-0.25, -0.2) is 0 Å². The van der Waals surface area contributed by atoms with Crippen molar-refractivity contribution in [1.82, 2.24) is 24.8 Å². The standard InChI is InChI=1S/C20H21N5O2/c26-18(11-12-21-20(27)15-7-2-1-3-8-15)24-14-6-9-16(24)19-23-22-17-10-4-5-13-25(17)19/h1-5,7-8,10,13,16H,6,9,11-12,14H2,(H,21,27). The van der Waals surface area contributed by atoms with Crippen LogP contribution in [0.5, 0.6) is 0 Å². The third-order valence-corrected chi connectivity index (χ3v) is 4.87. The van der Waals surface area contributed by atoms with Crippen LogP contribution >= 0.6 is 0 Å². The second-order valence-corrected chi connectivity index (χ2v) is 6.60. The molecule has 1 N–H and O–H groups in total. The molecule has 0 spiro atoms. The maximum atomic E-state index is 12.7. The number of amides is 2. The van der Waals surface area contributed by atoms with E-state index in [2.05, 4.69) is 15.5 Å². The number of nitrogens with one attached hydrogen (secondary N) is 1. The number of benzene rings is 1. The SMILES string of the molecule is O=C(NCCC(=O)N1CCCC1c1nnc2ccccn12)c1ccccc1. The Kier molecular flexibility index (Phi) is 4.82. The first-order chi connectivity index (χ1) is 13.2. The summed E-state index contributed by atoms with van der Waals surface area (Å²) in [6.07, 6.45) is 4.00. The van der Waals surface area contributed by atoms with Crippen LogP contribution in [0.15, 0.2) is 54.7 Å². The summed E-state index contributed by atoms with van der Waals surface area (Å²) >= 11 is 0.